The Hall–Kier alpha value is -0.580. The fourth-order valence-corrected chi connectivity index (χ4v) is 3.11. The first kappa shape index (κ1) is 15.5. The van der Waals surface area contributed by atoms with Gasteiger partial charge in [0.1, 0.15) is 5.60 Å². The number of carbonyl (C=O) groups is 1. The van der Waals surface area contributed by atoms with Crippen molar-refractivity contribution in [3.8, 4) is 0 Å². The van der Waals surface area contributed by atoms with Crippen LogP contribution in [-0.4, -0.2) is 45.4 Å². The molecular weight excluding hydrogens is 250 g/mol. The van der Waals surface area contributed by atoms with Crippen molar-refractivity contribution < 1.29 is 13.7 Å². The molecule has 1 amide bonds. The fraction of sp³-hybridized carbons (Fsp3) is 0.923. The van der Waals surface area contributed by atoms with Crippen LogP contribution in [0, 0.1) is 5.92 Å². The molecule has 1 unspecified atom stereocenters. The highest BCUT2D eigenvalue weighted by molar-refractivity contribution is 7.84. The van der Waals surface area contributed by atoms with Crippen LogP contribution in [0.15, 0.2) is 0 Å². The summed E-state index contributed by atoms with van der Waals surface area (Å²) in [6, 6.07) is 0. The average Bonchev–Trinajstić information content (AvgIpc) is 2.27. The van der Waals surface area contributed by atoms with Crippen molar-refractivity contribution in [3.05, 3.63) is 0 Å². The Bertz CT molecular complexity index is 312. The Morgan fingerprint density at radius 2 is 2.11 bits per heavy atom. The lowest BCUT2D eigenvalue weighted by Gasteiger charge is -2.33. The normalized spacial score (nSPS) is 22.7. The maximum absolute atomic E-state index is 11.9. The fourth-order valence-electron chi connectivity index (χ4n) is 2.07. The molecule has 1 rings (SSSR count). The van der Waals surface area contributed by atoms with Crippen LogP contribution in [0.3, 0.4) is 0 Å². The van der Waals surface area contributed by atoms with E-state index in [0.717, 1.165) is 19.4 Å². The van der Waals surface area contributed by atoms with Crippen molar-refractivity contribution in [2.75, 3.05) is 24.6 Å². The van der Waals surface area contributed by atoms with Crippen LogP contribution in [0.25, 0.3) is 0 Å². The summed E-state index contributed by atoms with van der Waals surface area (Å²) in [5, 5.41) is 0. The monoisotopic (exact) mass is 275 g/mol. The predicted octanol–water partition coefficient (Wildman–Crippen LogP) is 2.40. The number of likely N-dealkylation sites (tertiary alicyclic amines) is 1. The smallest absolute Gasteiger partial charge is 0.410 e. The minimum absolute atomic E-state index is 0.241. The van der Waals surface area contributed by atoms with Gasteiger partial charge in [0.05, 0.1) is 0 Å². The van der Waals surface area contributed by atoms with Crippen LogP contribution >= 0.6 is 0 Å². The molecule has 0 radical (unpaired) electrons. The molecule has 0 aromatic rings. The Kier molecular flexibility index (Phi) is 5.63. The number of ether oxygens (including phenoxy) is 1. The molecule has 106 valence electrons. The largest absolute Gasteiger partial charge is 0.444 e. The third-order valence-corrected chi connectivity index (χ3v) is 4.40. The van der Waals surface area contributed by atoms with Crippen molar-refractivity contribution in [3.63, 3.8) is 0 Å². The third-order valence-electron chi connectivity index (χ3n) is 2.91. The molecule has 1 aliphatic heterocycles. The minimum Gasteiger partial charge on any atom is -0.444 e. The van der Waals surface area contributed by atoms with Crippen LogP contribution in [-0.2, 0) is 15.5 Å². The molecule has 1 heterocycles. The van der Waals surface area contributed by atoms with Gasteiger partial charge in [0.15, 0.2) is 0 Å². The number of amides is 1. The molecule has 0 spiro atoms. The maximum Gasteiger partial charge on any atom is 0.410 e. The van der Waals surface area contributed by atoms with E-state index in [1.165, 1.54) is 0 Å². The second kappa shape index (κ2) is 6.55. The van der Waals surface area contributed by atoms with E-state index in [4.69, 9.17) is 4.74 Å². The first-order chi connectivity index (χ1) is 8.31. The first-order valence-corrected chi connectivity index (χ1v) is 8.13. The number of rotatable bonds is 3. The second-order valence-corrected chi connectivity index (χ2v) is 7.62. The molecule has 0 aromatic heterocycles. The van der Waals surface area contributed by atoms with E-state index >= 15 is 0 Å². The van der Waals surface area contributed by atoms with E-state index in [1.807, 2.05) is 27.7 Å². The summed E-state index contributed by atoms with van der Waals surface area (Å²) in [4.78, 5) is 13.7. The standard InChI is InChI=1S/C13H25NO3S/c1-5-18(16)10-11-7-6-8-14(9-11)12(15)17-13(2,3)4/h11H,5-10H2,1-4H3/t11-,18?/m0/s1. The molecule has 2 atom stereocenters. The molecule has 0 saturated carbocycles. The van der Waals surface area contributed by atoms with Gasteiger partial charge in [-0.3, -0.25) is 4.21 Å². The molecule has 0 aliphatic carbocycles. The van der Waals surface area contributed by atoms with Crippen molar-refractivity contribution in [1.29, 1.82) is 0 Å². The molecule has 1 fully saturated rings. The van der Waals surface area contributed by atoms with Crippen LogP contribution in [0.4, 0.5) is 4.79 Å². The van der Waals surface area contributed by atoms with E-state index in [9.17, 15) is 9.00 Å². The zero-order valence-corrected chi connectivity index (χ0v) is 12.7. The Balaban J connectivity index is 2.48. The third kappa shape index (κ3) is 5.38. The first-order valence-electron chi connectivity index (χ1n) is 6.64. The highest BCUT2D eigenvalue weighted by Gasteiger charge is 2.28. The zero-order chi connectivity index (χ0) is 13.8. The highest BCUT2D eigenvalue weighted by atomic mass is 32.2. The van der Waals surface area contributed by atoms with Gasteiger partial charge in [0.2, 0.25) is 0 Å². The van der Waals surface area contributed by atoms with Crippen molar-refractivity contribution in [1.82, 2.24) is 4.90 Å². The van der Waals surface area contributed by atoms with Gasteiger partial charge in [-0.25, -0.2) is 4.79 Å². The molecule has 4 nitrogen and oxygen atoms in total. The molecular formula is C13H25NO3S. The summed E-state index contributed by atoms with van der Waals surface area (Å²) < 4.78 is 16.9. The van der Waals surface area contributed by atoms with Crippen LogP contribution in [0.2, 0.25) is 0 Å². The van der Waals surface area contributed by atoms with E-state index < -0.39 is 16.4 Å². The lowest BCUT2D eigenvalue weighted by Crippen LogP contribution is -2.44. The van der Waals surface area contributed by atoms with Gasteiger partial charge in [-0.1, -0.05) is 6.92 Å². The molecule has 1 saturated heterocycles. The van der Waals surface area contributed by atoms with Crippen molar-refractivity contribution in [2.24, 2.45) is 5.92 Å². The van der Waals surface area contributed by atoms with Crippen LogP contribution in [0.1, 0.15) is 40.5 Å². The molecule has 0 aromatic carbocycles. The van der Waals surface area contributed by atoms with Crippen LogP contribution < -0.4 is 0 Å². The highest BCUT2D eigenvalue weighted by Crippen LogP contribution is 2.20. The minimum atomic E-state index is -0.751. The molecule has 0 N–H and O–H groups in total. The van der Waals surface area contributed by atoms with Crippen molar-refractivity contribution in [2.45, 2.75) is 46.1 Å². The number of hydrogen-bond donors (Lipinski definition) is 0. The SMILES string of the molecule is CCS(=O)C[C@H]1CCCN(C(=O)OC(C)(C)C)C1. The summed E-state index contributed by atoms with van der Waals surface area (Å²) in [7, 11) is -0.751. The molecule has 5 heteroatoms. The van der Waals surface area contributed by atoms with Gasteiger partial charge >= 0.3 is 6.09 Å². The molecule has 0 bridgehead atoms. The molecule has 1 aliphatic rings. The maximum atomic E-state index is 11.9. The summed E-state index contributed by atoms with van der Waals surface area (Å²) in [6.45, 7) is 8.99. The van der Waals surface area contributed by atoms with E-state index in [0.29, 0.717) is 24.0 Å². The quantitative estimate of drug-likeness (QED) is 0.794. The number of piperidine rings is 1. The van der Waals surface area contributed by atoms with Gasteiger partial charge in [0, 0.05) is 35.4 Å². The van der Waals surface area contributed by atoms with Gasteiger partial charge in [-0.2, -0.15) is 0 Å². The van der Waals surface area contributed by atoms with E-state index in [-0.39, 0.29) is 6.09 Å². The summed E-state index contributed by atoms with van der Waals surface area (Å²) >= 11 is 0. The van der Waals surface area contributed by atoms with E-state index in [2.05, 4.69) is 0 Å². The lowest BCUT2D eigenvalue weighted by atomic mass is 10.0. The number of nitrogens with zero attached hydrogens (tertiary/aromatic N) is 1. The topological polar surface area (TPSA) is 46.6 Å². The van der Waals surface area contributed by atoms with Gasteiger partial charge in [-0.05, 0) is 39.5 Å². The van der Waals surface area contributed by atoms with E-state index in [1.54, 1.807) is 4.90 Å². The van der Waals surface area contributed by atoms with Crippen LogP contribution in [0.5, 0.6) is 0 Å². The van der Waals surface area contributed by atoms with Gasteiger partial charge in [-0.15, -0.1) is 0 Å². The Morgan fingerprint density at radius 1 is 1.44 bits per heavy atom. The predicted molar refractivity (Wildman–Crippen MR) is 74.1 cm³/mol. The zero-order valence-electron chi connectivity index (χ0n) is 11.9. The average molecular weight is 275 g/mol. The molecule has 18 heavy (non-hydrogen) atoms. The number of hydrogen-bond acceptors (Lipinski definition) is 3. The lowest BCUT2D eigenvalue weighted by molar-refractivity contribution is 0.0176. The van der Waals surface area contributed by atoms with Gasteiger partial charge < -0.3 is 9.64 Å². The van der Waals surface area contributed by atoms with Gasteiger partial charge in [0.25, 0.3) is 0 Å². The second-order valence-electron chi connectivity index (χ2n) is 5.83. The Morgan fingerprint density at radius 3 is 2.67 bits per heavy atom. The summed E-state index contributed by atoms with van der Waals surface area (Å²) in [6.07, 6.45) is 1.80. The number of carbonyl (C=O) groups excluding carboxylic acids is 1. The Labute approximate surface area is 113 Å². The summed E-state index contributed by atoms with van der Waals surface area (Å²) in [5.74, 6) is 1.76. The van der Waals surface area contributed by atoms with Crippen molar-refractivity contribution >= 4 is 16.9 Å². The summed E-state index contributed by atoms with van der Waals surface area (Å²) in [5.41, 5.74) is -0.448.